The molecule has 0 aromatic rings. The summed E-state index contributed by atoms with van der Waals surface area (Å²) in [4.78, 5) is 10.6. The van der Waals surface area contributed by atoms with E-state index in [1.807, 2.05) is 0 Å². The first-order valence-corrected chi connectivity index (χ1v) is 3.03. The quantitative estimate of drug-likeness (QED) is 0.403. The number of aliphatic hydroxyl groups is 1. The van der Waals surface area contributed by atoms with Crippen LogP contribution in [0.2, 0.25) is 0 Å². The molecule has 1 heterocycles. The van der Waals surface area contributed by atoms with Crippen molar-refractivity contribution >= 4 is 6.03 Å². The van der Waals surface area contributed by atoms with Gasteiger partial charge in [-0.15, -0.1) is 0 Å². The molecule has 0 saturated carbocycles. The van der Waals surface area contributed by atoms with Crippen molar-refractivity contribution in [3.63, 3.8) is 0 Å². The second-order valence-electron chi connectivity index (χ2n) is 2.51. The fourth-order valence-electron chi connectivity index (χ4n) is 0.806. The zero-order valence-electron chi connectivity index (χ0n) is 5.66. The van der Waals surface area contributed by atoms with Gasteiger partial charge in [-0.2, -0.15) is 5.06 Å². The normalized spacial score (nSPS) is 33.9. The molecule has 1 atom stereocenters. The number of hydroxylamine groups is 2. The van der Waals surface area contributed by atoms with Crippen molar-refractivity contribution in [1.82, 2.24) is 10.4 Å². The molecular formula is C5H10N2O3. The minimum atomic E-state index is -1.41. The average molecular weight is 146 g/mol. The van der Waals surface area contributed by atoms with Gasteiger partial charge in [-0.1, -0.05) is 0 Å². The van der Waals surface area contributed by atoms with Crippen LogP contribution in [-0.2, 0) is 0 Å². The number of carbonyl (C=O) groups is 1. The summed E-state index contributed by atoms with van der Waals surface area (Å²) < 4.78 is 0. The maximum atomic E-state index is 10.6. The van der Waals surface area contributed by atoms with Gasteiger partial charge in [0.15, 0.2) is 5.72 Å². The predicted molar refractivity (Wildman–Crippen MR) is 32.3 cm³/mol. The largest absolute Gasteiger partial charge is 0.369 e. The van der Waals surface area contributed by atoms with Crippen LogP contribution >= 0.6 is 0 Å². The van der Waals surface area contributed by atoms with Gasteiger partial charge in [-0.3, -0.25) is 5.21 Å². The Balaban J connectivity index is 2.69. The molecule has 1 saturated heterocycles. The Kier molecular flexibility index (Phi) is 1.53. The standard InChI is InChI=1S/C5H10N2O3/c1-5(9)2-3-6-4(8)7(5)10/h9-10H,2-3H2,1H3,(H,6,8). The lowest BCUT2D eigenvalue weighted by Gasteiger charge is -2.35. The SMILES string of the molecule is CC1(O)CCNC(=O)N1O. The second-order valence-corrected chi connectivity index (χ2v) is 2.51. The van der Waals surface area contributed by atoms with Gasteiger partial charge in [0, 0.05) is 13.0 Å². The van der Waals surface area contributed by atoms with Gasteiger partial charge in [0.1, 0.15) is 0 Å². The minimum absolute atomic E-state index is 0.302. The summed E-state index contributed by atoms with van der Waals surface area (Å²) in [6.45, 7) is 1.77. The molecule has 1 rings (SSSR count). The van der Waals surface area contributed by atoms with Crippen LogP contribution in [0.1, 0.15) is 13.3 Å². The van der Waals surface area contributed by atoms with E-state index in [9.17, 15) is 9.90 Å². The van der Waals surface area contributed by atoms with E-state index in [0.29, 0.717) is 18.0 Å². The van der Waals surface area contributed by atoms with Crippen LogP contribution in [0.5, 0.6) is 0 Å². The van der Waals surface area contributed by atoms with E-state index in [2.05, 4.69) is 5.32 Å². The van der Waals surface area contributed by atoms with Gasteiger partial charge in [-0.25, -0.2) is 4.79 Å². The fraction of sp³-hybridized carbons (Fsp3) is 0.800. The van der Waals surface area contributed by atoms with E-state index in [0.717, 1.165) is 0 Å². The highest BCUT2D eigenvalue weighted by atomic mass is 16.6. The highest BCUT2D eigenvalue weighted by Crippen LogP contribution is 2.16. The molecule has 58 valence electrons. The third-order valence-corrected chi connectivity index (χ3v) is 1.52. The lowest BCUT2D eigenvalue weighted by atomic mass is 10.1. The smallest absolute Gasteiger partial charge is 0.343 e. The Morgan fingerprint density at radius 2 is 2.40 bits per heavy atom. The van der Waals surface area contributed by atoms with Gasteiger partial charge >= 0.3 is 6.03 Å². The molecule has 10 heavy (non-hydrogen) atoms. The average Bonchev–Trinajstić information content (AvgIpc) is 1.83. The molecule has 1 fully saturated rings. The highest BCUT2D eigenvalue weighted by molar-refractivity contribution is 5.74. The molecule has 2 amide bonds. The first-order chi connectivity index (χ1) is 4.54. The zero-order chi connectivity index (χ0) is 7.78. The molecule has 1 aliphatic rings. The summed E-state index contributed by atoms with van der Waals surface area (Å²) in [6.07, 6.45) is 0.329. The maximum Gasteiger partial charge on any atom is 0.343 e. The Morgan fingerprint density at radius 3 is 2.80 bits per heavy atom. The number of urea groups is 1. The number of nitrogens with one attached hydrogen (secondary N) is 1. The number of rotatable bonds is 0. The monoisotopic (exact) mass is 146 g/mol. The predicted octanol–water partition coefficient (Wildman–Crippen LogP) is -0.501. The number of hydrogen-bond donors (Lipinski definition) is 3. The molecule has 0 radical (unpaired) electrons. The molecule has 5 nitrogen and oxygen atoms in total. The van der Waals surface area contributed by atoms with Crippen LogP contribution in [0.3, 0.4) is 0 Å². The van der Waals surface area contributed by atoms with Crippen molar-refractivity contribution in [1.29, 1.82) is 0 Å². The summed E-state index contributed by atoms with van der Waals surface area (Å²) in [5.74, 6) is 0. The third kappa shape index (κ3) is 1.05. The lowest BCUT2D eigenvalue weighted by molar-refractivity contribution is -0.225. The fourth-order valence-corrected chi connectivity index (χ4v) is 0.806. The summed E-state index contributed by atoms with van der Waals surface area (Å²) in [6, 6.07) is -0.656. The van der Waals surface area contributed by atoms with Gasteiger partial charge in [-0.05, 0) is 6.92 Å². The van der Waals surface area contributed by atoms with E-state index in [1.165, 1.54) is 6.92 Å². The Hall–Kier alpha value is -0.810. The van der Waals surface area contributed by atoms with Crippen LogP contribution in [0.4, 0.5) is 4.79 Å². The molecule has 0 bridgehead atoms. The first-order valence-electron chi connectivity index (χ1n) is 3.03. The molecule has 3 N–H and O–H groups in total. The molecule has 0 aliphatic carbocycles. The molecule has 0 aromatic carbocycles. The van der Waals surface area contributed by atoms with Crippen molar-refractivity contribution in [2.75, 3.05) is 6.54 Å². The number of hydrogen-bond acceptors (Lipinski definition) is 3. The molecule has 0 spiro atoms. The van der Waals surface area contributed by atoms with E-state index in [1.54, 1.807) is 0 Å². The van der Waals surface area contributed by atoms with E-state index < -0.39 is 11.8 Å². The van der Waals surface area contributed by atoms with Crippen molar-refractivity contribution in [3.8, 4) is 0 Å². The van der Waals surface area contributed by atoms with Crippen molar-refractivity contribution in [3.05, 3.63) is 0 Å². The number of carbonyl (C=O) groups excluding carboxylic acids is 1. The molecular weight excluding hydrogens is 136 g/mol. The Morgan fingerprint density at radius 1 is 1.80 bits per heavy atom. The topological polar surface area (TPSA) is 72.8 Å². The zero-order valence-corrected chi connectivity index (χ0v) is 5.66. The van der Waals surface area contributed by atoms with Gasteiger partial charge in [0.25, 0.3) is 0 Å². The summed E-state index contributed by atoms with van der Waals surface area (Å²) >= 11 is 0. The molecule has 1 unspecified atom stereocenters. The third-order valence-electron chi connectivity index (χ3n) is 1.52. The van der Waals surface area contributed by atoms with Crippen molar-refractivity contribution < 1.29 is 15.1 Å². The number of nitrogens with zero attached hydrogens (tertiary/aromatic N) is 1. The first kappa shape index (κ1) is 7.30. The summed E-state index contributed by atoms with van der Waals surface area (Å²) in [5, 5.41) is 20.8. The minimum Gasteiger partial charge on any atom is -0.369 e. The van der Waals surface area contributed by atoms with E-state index in [4.69, 9.17) is 5.21 Å². The van der Waals surface area contributed by atoms with Gasteiger partial charge < -0.3 is 10.4 Å². The summed E-state index contributed by atoms with van der Waals surface area (Å²) in [5.41, 5.74) is -1.41. The van der Waals surface area contributed by atoms with E-state index >= 15 is 0 Å². The van der Waals surface area contributed by atoms with Gasteiger partial charge in [0.05, 0.1) is 0 Å². The Bertz CT molecular complexity index is 157. The summed E-state index contributed by atoms with van der Waals surface area (Å²) in [7, 11) is 0. The molecule has 1 aliphatic heterocycles. The highest BCUT2D eigenvalue weighted by Gasteiger charge is 2.35. The van der Waals surface area contributed by atoms with Crippen LogP contribution < -0.4 is 5.32 Å². The van der Waals surface area contributed by atoms with Crippen LogP contribution in [-0.4, -0.2) is 33.7 Å². The van der Waals surface area contributed by atoms with Crippen LogP contribution in [0.25, 0.3) is 0 Å². The number of amides is 2. The van der Waals surface area contributed by atoms with Crippen molar-refractivity contribution in [2.24, 2.45) is 0 Å². The molecule has 0 aromatic heterocycles. The Labute approximate surface area is 58.2 Å². The lowest BCUT2D eigenvalue weighted by Crippen LogP contribution is -2.57. The maximum absolute atomic E-state index is 10.6. The van der Waals surface area contributed by atoms with Crippen molar-refractivity contribution in [2.45, 2.75) is 19.1 Å². The molecule has 5 heteroatoms. The van der Waals surface area contributed by atoms with E-state index in [-0.39, 0.29) is 0 Å². The van der Waals surface area contributed by atoms with Crippen LogP contribution in [0.15, 0.2) is 0 Å². The second kappa shape index (κ2) is 2.10. The van der Waals surface area contributed by atoms with Crippen LogP contribution in [0, 0.1) is 0 Å². The van der Waals surface area contributed by atoms with Gasteiger partial charge in [0.2, 0.25) is 0 Å².